The zero-order valence-electron chi connectivity index (χ0n) is 12.6. The molecule has 1 aliphatic rings. The molecular weight excluding hydrogens is 252 g/mol. The number of imidazole rings is 1. The molecule has 1 fully saturated rings. The van der Waals surface area contributed by atoms with E-state index < -0.39 is 0 Å². The van der Waals surface area contributed by atoms with E-state index in [-0.39, 0.29) is 5.91 Å². The number of aromatic nitrogens is 2. The van der Waals surface area contributed by atoms with Gasteiger partial charge >= 0.3 is 0 Å². The molecular formula is C15H26N4O. The SMILES string of the molecule is CCCNC(=O)CN1CCC(Cn2ccnc2C)CC1. The van der Waals surface area contributed by atoms with Crippen LogP contribution in [0.15, 0.2) is 12.4 Å². The Morgan fingerprint density at radius 3 is 2.80 bits per heavy atom. The molecule has 1 saturated heterocycles. The van der Waals surface area contributed by atoms with Crippen LogP contribution in [0.4, 0.5) is 0 Å². The topological polar surface area (TPSA) is 50.2 Å². The average molecular weight is 278 g/mol. The summed E-state index contributed by atoms with van der Waals surface area (Å²) < 4.78 is 2.23. The lowest BCUT2D eigenvalue weighted by Crippen LogP contribution is -2.42. The van der Waals surface area contributed by atoms with Gasteiger partial charge in [-0.15, -0.1) is 0 Å². The van der Waals surface area contributed by atoms with E-state index in [1.54, 1.807) is 0 Å². The Hall–Kier alpha value is -1.36. The van der Waals surface area contributed by atoms with E-state index in [1.165, 1.54) is 12.8 Å². The number of carbonyl (C=O) groups excluding carboxylic acids is 1. The second-order valence-electron chi connectivity index (χ2n) is 5.70. The van der Waals surface area contributed by atoms with Crippen LogP contribution in [-0.4, -0.2) is 46.5 Å². The molecule has 1 aliphatic heterocycles. The number of aryl methyl sites for hydroxylation is 1. The van der Waals surface area contributed by atoms with Gasteiger partial charge in [0.1, 0.15) is 5.82 Å². The first kappa shape index (κ1) is 15.0. The highest BCUT2D eigenvalue weighted by Gasteiger charge is 2.21. The van der Waals surface area contributed by atoms with Crippen LogP contribution in [-0.2, 0) is 11.3 Å². The summed E-state index contributed by atoms with van der Waals surface area (Å²) in [5.41, 5.74) is 0. The third-order valence-corrected chi connectivity index (χ3v) is 4.03. The van der Waals surface area contributed by atoms with Crippen LogP contribution in [0.25, 0.3) is 0 Å². The fourth-order valence-electron chi connectivity index (χ4n) is 2.73. The zero-order valence-corrected chi connectivity index (χ0v) is 12.6. The highest BCUT2D eigenvalue weighted by Crippen LogP contribution is 2.19. The maximum atomic E-state index is 11.7. The summed E-state index contributed by atoms with van der Waals surface area (Å²) in [5.74, 6) is 1.96. The molecule has 20 heavy (non-hydrogen) atoms. The summed E-state index contributed by atoms with van der Waals surface area (Å²) in [4.78, 5) is 18.2. The van der Waals surface area contributed by atoms with Crippen molar-refractivity contribution in [2.75, 3.05) is 26.2 Å². The average Bonchev–Trinajstić information content (AvgIpc) is 2.84. The summed E-state index contributed by atoms with van der Waals surface area (Å²) in [6, 6.07) is 0. The largest absolute Gasteiger partial charge is 0.355 e. The number of likely N-dealkylation sites (tertiary alicyclic amines) is 1. The van der Waals surface area contributed by atoms with Crippen molar-refractivity contribution in [1.29, 1.82) is 0 Å². The molecule has 1 aromatic rings. The quantitative estimate of drug-likeness (QED) is 0.856. The smallest absolute Gasteiger partial charge is 0.234 e. The normalized spacial score (nSPS) is 17.3. The summed E-state index contributed by atoms with van der Waals surface area (Å²) >= 11 is 0. The van der Waals surface area contributed by atoms with E-state index in [4.69, 9.17) is 0 Å². The summed E-state index contributed by atoms with van der Waals surface area (Å²) in [6.45, 7) is 8.57. The van der Waals surface area contributed by atoms with E-state index in [0.717, 1.165) is 38.4 Å². The van der Waals surface area contributed by atoms with Crippen LogP contribution in [0.1, 0.15) is 32.0 Å². The van der Waals surface area contributed by atoms with E-state index in [0.29, 0.717) is 12.5 Å². The molecule has 2 heterocycles. The lowest BCUT2D eigenvalue weighted by atomic mass is 9.96. The predicted octanol–water partition coefficient (Wildman–Crippen LogP) is 1.43. The van der Waals surface area contributed by atoms with E-state index in [1.807, 2.05) is 13.1 Å². The van der Waals surface area contributed by atoms with Crippen LogP contribution in [0.5, 0.6) is 0 Å². The van der Waals surface area contributed by atoms with Gasteiger partial charge < -0.3 is 9.88 Å². The number of amides is 1. The Bertz CT molecular complexity index is 421. The van der Waals surface area contributed by atoms with Crippen LogP contribution in [0.2, 0.25) is 0 Å². The van der Waals surface area contributed by atoms with E-state index in [9.17, 15) is 4.79 Å². The van der Waals surface area contributed by atoms with Gasteiger partial charge in [-0.05, 0) is 45.2 Å². The van der Waals surface area contributed by atoms with Crippen LogP contribution in [0, 0.1) is 12.8 Å². The third kappa shape index (κ3) is 4.34. The molecule has 0 spiro atoms. The molecule has 0 aliphatic carbocycles. The number of hydrogen-bond acceptors (Lipinski definition) is 3. The lowest BCUT2D eigenvalue weighted by molar-refractivity contribution is -0.122. The van der Waals surface area contributed by atoms with Gasteiger partial charge in [0.25, 0.3) is 0 Å². The monoisotopic (exact) mass is 278 g/mol. The lowest BCUT2D eigenvalue weighted by Gasteiger charge is -2.31. The van der Waals surface area contributed by atoms with Gasteiger partial charge in [-0.25, -0.2) is 4.98 Å². The first-order valence-corrected chi connectivity index (χ1v) is 7.65. The number of nitrogens with one attached hydrogen (secondary N) is 1. The number of rotatable bonds is 6. The van der Waals surface area contributed by atoms with Gasteiger partial charge in [-0.1, -0.05) is 6.92 Å². The molecule has 0 aromatic carbocycles. The standard InChI is InChI=1S/C15H26N4O/c1-3-6-17-15(20)12-18-8-4-14(5-9-18)11-19-10-7-16-13(19)2/h7,10,14H,3-6,8-9,11-12H2,1-2H3,(H,17,20). The van der Waals surface area contributed by atoms with Crippen LogP contribution < -0.4 is 5.32 Å². The van der Waals surface area contributed by atoms with Gasteiger partial charge in [-0.2, -0.15) is 0 Å². The van der Waals surface area contributed by atoms with Crippen molar-refractivity contribution >= 4 is 5.91 Å². The van der Waals surface area contributed by atoms with Crippen molar-refractivity contribution in [1.82, 2.24) is 19.8 Å². The Morgan fingerprint density at radius 1 is 1.45 bits per heavy atom. The molecule has 5 nitrogen and oxygen atoms in total. The maximum Gasteiger partial charge on any atom is 0.234 e. The van der Waals surface area contributed by atoms with Gasteiger partial charge in [0.15, 0.2) is 0 Å². The highest BCUT2D eigenvalue weighted by atomic mass is 16.2. The van der Waals surface area contributed by atoms with Crippen molar-refractivity contribution in [3.05, 3.63) is 18.2 Å². The molecule has 0 radical (unpaired) electrons. The van der Waals surface area contributed by atoms with Crippen molar-refractivity contribution in [2.24, 2.45) is 5.92 Å². The van der Waals surface area contributed by atoms with Gasteiger partial charge in [0.05, 0.1) is 6.54 Å². The highest BCUT2D eigenvalue weighted by molar-refractivity contribution is 5.77. The second-order valence-corrected chi connectivity index (χ2v) is 5.70. The molecule has 5 heteroatoms. The van der Waals surface area contributed by atoms with Gasteiger partial charge in [0.2, 0.25) is 5.91 Å². The summed E-state index contributed by atoms with van der Waals surface area (Å²) in [7, 11) is 0. The number of nitrogens with zero attached hydrogens (tertiary/aromatic N) is 3. The second kappa shape index (κ2) is 7.43. The third-order valence-electron chi connectivity index (χ3n) is 4.03. The zero-order chi connectivity index (χ0) is 14.4. The maximum absolute atomic E-state index is 11.7. The first-order valence-electron chi connectivity index (χ1n) is 7.65. The van der Waals surface area contributed by atoms with Crippen molar-refractivity contribution < 1.29 is 4.79 Å². The molecule has 0 atom stereocenters. The van der Waals surface area contributed by atoms with Crippen LogP contribution in [0.3, 0.4) is 0 Å². The number of carbonyl (C=O) groups is 1. The minimum absolute atomic E-state index is 0.163. The number of hydrogen-bond donors (Lipinski definition) is 1. The predicted molar refractivity (Wildman–Crippen MR) is 79.4 cm³/mol. The van der Waals surface area contributed by atoms with Gasteiger partial charge in [-0.3, -0.25) is 9.69 Å². The summed E-state index contributed by atoms with van der Waals surface area (Å²) in [6.07, 6.45) is 7.25. The van der Waals surface area contributed by atoms with E-state index >= 15 is 0 Å². The molecule has 2 rings (SSSR count). The number of piperidine rings is 1. The van der Waals surface area contributed by atoms with Crippen molar-refractivity contribution in [2.45, 2.75) is 39.7 Å². The van der Waals surface area contributed by atoms with Crippen LogP contribution >= 0.6 is 0 Å². The molecule has 0 saturated carbocycles. The molecule has 1 N–H and O–H groups in total. The van der Waals surface area contributed by atoms with Gasteiger partial charge in [0, 0.05) is 25.5 Å². The molecule has 0 unspecified atom stereocenters. The summed E-state index contributed by atoms with van der Waals surface area (Å²) in [5, 5.41) is 2.94. The minimum atomic E-state index is 0.163. The minimum Gasteiger partial charge on any atom is -0.355 e. The fraction of sp³-hybridized carbons (Fsp3) is 0.733. The van der Waals surface area contributed by atoms with Crippen molar-refractivity contribution in [3.8, 4) is 0 Å². The van der Waals surface area contributed by atoms with E-state index in [2.05, 4.69) is 32.9 Å². The molecule has 112 valence electrons. The van der Waals surface area contributed by atoms with Crippen molar-refractivity contribution in [3.63, 3.8) is 0 Å². The Kier molecular flexibility index (Phi) is 5.59. The first-order chi connectivity index (χ1) is 9.69. The fourth-order valence-corrected chi connectivity index (χ4v) is 2.73. The molecule has 0 bridgehead atoms. The Balaban J connectivity index is 1.70. The molecule has 1 aromatic heterocycles. The Labute approximate surface area is 121 Å². The Morgan fingerprint density at radius 2 is 2.20 bits per heavy atom. The molecule has 1 amide bonds.